The van der Waals surface area contributed by atoms with E-state index >= 15 is 0 Å². The van der Waals surface area contributed by atoms with Crippen molar-refractivity contribution in [1.82, 2.24) is 25.5 Å². The molecule has 1 N–H and O–H groups in total. The van der Waals surface area contributed by atoms with Crippen LogP contribution in [0.5, 0.6) is 0 Å². The smallest absolute Gasteiger partial charge is 0.176 e. The first-order valence-corrected chi connectivity index (χ1v) is 7.51. The van der Waals surface area contributed by atoms with E-state index in [-0.39, 0.29) is 6.04 Å². The van der Waals surface area contributed by atoms with Crippen LogP contribution < -0.4 is 5.32 Å². The molecule has 1 atom stereocenters. The van der Waals surface area contributed by atoms with Gasteiger partial charge in [-0.15, -0.1) is 21.5 Å². The van der Waals surface area contributed by atoms with Crippen molar-refractivity contribution in [1.29, 1.82) is 0 Å². The van der Waals surface area contributed by atoms with E-state index in [1.54, 1.807) is 18.4 Å². The summed E-state index contributed by atoms with van der Waals surface area (Å²) in [6, 6.07) is 4.47. The fraction of sp³-hybridized carbons (Fsp3) is 0.545. The summed E-state index contributed by atoms with van der Waals surface area (Å²) < 4.78 is 1.15. The number of hydrogen-bond donors (Lipinski definition) is 1. The highest BCUT2D eigenvalue weighted by Crippen LogP contribution is 2.28. The Morgan fingerprint density at radius 3 is 2.89 bits per heavy atom. The van der Waals surface area contributed by atoms with Crippen LogP contribution in [0.15, 0.2) is 15.9 Å². The average molecular weight is 330 g/mol. The van der Waals surface area contributed by atoms with Crippen LogP contribution in [0, 0.1) is 0 Å². The van der Waals surface area contributed by atoms with Gasteiger partial charge in [0.25, 0.3) is 0 Å². The van der Waals surface area contributed by atoms with Gasteiger partial charge in [-0.1, -0.05) is 6.92 Å². The molecule has 0 saturated carbocycles. The minimum Gasteiger partial charge on any atom is -0.309 e. The maximum absolute atomic E-state index is 4.24. The topological polar surface area (TPSA) is 55.6 Å². The van der Waals surface area contributed by atoms with Crippen LogP contribution in [0.25, 0.3) is 0 Å². The lowest BCUT2D eigenvalue weighted by Crippen LogP contribution is -2.23. The number of aryl methyl sites for hydroxylation is 1. The third-order valence-corrected chi connectivity index (χ3v) is 4.25. The van der Waals surface area contributed by atoms with E-state index in [0.717, 1.165) is 29.0 Å². The van der Waals surface area contributed by atoms with E-state index in [2.05, 4.69) is 55.7 Å². The molecule has 2 heterocycles. The highest BCUT2D eigenvalue weighted by atomic mass is 79.9. The van der Waals surface area contributed by atoms with Crippen molar-refractivity contribution >= 4 is 27.3 Å². The molecule has 0 aliphatic carbocycles. The average Bonchev–Trinajstić information content (AvgIpc) is 2.93. The lowest BCUT2D eigenvalue weighted by molar-refractivity contribution is 0.524. The molecule has 0 spiro atoms. The summed E-state index contributed by atoms with van der Waals surface area (Å²) in [5, 5.41) is 15.7. The molecule has 0 bridgehead atoms. The van der Waals surface area contributed by atoms with Gasteiger partial charge in [0, 0.05) is 17.3 Å². The molecule has 0 saturated heterocycles. The molecular formula is C11H16BrN5S. The lowest BCUT2D eigenvalue weighted by atomic mass is 10.1. The molecule has 1 unspecified atom stereocenters. The SMILES string of the molecule is CCCNC(Cc1nnn(C)n1)c1ccc(Br)s1. The molecule has 0 aromatic carbocycles. The number of thiophene rings is 1. The van der Waals surface area contributed by atoms with Crippen LogP contribution in [-0.2, 0) is 13.5 Å². The Labute approximate surface area is 119 Å². The molecule has 0 amide bonds. The van der Waals surface area contributed by atoms with Crippen LogP contribution in [0.2, 0.25) is 0 Å². The lowest BCUT2D eigenvalue weighted by Gasteiger charge is -2.15. The van der Waals surface area contributed by atoms with Crippen molar-refractivity contribution in [2.75, 3.05) is 6.54 Å². The van der Waals surface area contributed by atoms with Gasteiger partial charge in [-0.05, 0) is 46.2 Å². The Morgan fingerprint density at radius 1 is 1.50 bits per heavy atom. The van der Waals surface area contributed by atoms with Crippen molar-refractivity contribution in [3.8, 4) is 0 Å². The van der Waals surface area contributed by atoms with Crippen LogP contribution in [-0.4, -0.2) is 26.8 Å². The Balaban J connectivity index is 2.09. The number of hydrogen-bond acceptors (Lipinski definition) is 5. The fourth-order valence-corrected chi connectivity index (χ4v) is 3.19. The van der Waals surface area contributed by atoms with Gasteiger partial charge in [0.2, 0.25) is 0 Å². The number of tetrazole rings is 1. The summed E-state index contributed by atoms with van der Waals surface area (Å²) >= 11 is 5.24. The summed E-state index contributed by atoms with van der Waals surface area (Å²) in [5.74, 6) is 0.774. The summed E-state index contributed by atoms with van der Waals surface area (Å²) in [7, 11) is 1.78. The standard InChI is InChI=1S/C11H16BrN5S/c1-3-6-13-8(9-4-5-10(12)18-9)7-11-14-16-17(2)15-11/h4-5,8,13H,3,6-7H2,1-2H3. The van der Waals surface area contributed by atoms with Crippen molar-refractivity contribution < 1.29 is 0 Å². The first kappa shape index (κ1) is 13.6. The van der Waals surface area contributed by atoms with Crippen molar-refractivity contribution in [3.05, 3.63) is 26.6 Å². The van der Waals surface area contributed by atoms with Gasteiger partial charge in [-0.25, -0.2) is 0 Å². The van der Waals surface area contributed by atoms with Gasteiger partial charge in [-0.3, -0.25) is 0 Å². The van der Waals surface area contributed by atoms with Crippen LogP contribution in [0.4, 0.5) is 0 Å². The highest BCUT2D eigenvalue weighted by molar-refractivity contribution is 9.11. The fourth-order valence-electron chi connectivity index (χ4n) is 1.70. The van der Waals surface area contributed by atoms with Crippen molar-refractivity contribution in [2.24, 2.45) is 7.05 Å². The summed E-state index contributed by atoms with van der Waals surface area (Å²) in [5.41, 5.74) is 0. The molecule has 0 aliphatic rings. The molecule has 2 aromatic heterocycles. The molecular weight excluding hydrogens is 314 g/mol. The minimum atomic E-state index is 0.255. The normalized spacial score (nSPS) is 12.8. The number of nitrogens with one attached hydrogen (secondary N) is 1. The van der Waals surface area contributed by atoms with Crippen LogP contribution in [0.1, 0.15) is 30.1 Å². The van der Waals surface area contributed by atoms with Gasteiger partial charge in [0.05, 0.1) is 10.8 Å². The quantitative estimate of drug-likeness (QED) is 0.883. The van der Waals surface area contributed by atoms with Crippen LogP contribution >= 0.6 is 27.3 Å². The highest BCUT2D eigenvalue weighted by Gasteiger charge is 2.16. The molecule has 2 rings (SSSR count). The molecule has 0 aliphatic heterocycles. The zero-order chi connectivity index (χ0) is 13.0. The molecule has 2 aromatic rings. The van der Waals surface area contributed by atoms with Gasteiger partial charge >= 0.3 is 0 Å². The summed E-state index contributed by atoms with van der Waals surface area (Å²) in [6.07, 6.45) is 1.87. The Morgan fingerprint density at radius 2 is 2.33 bits per heavy atom. The Bertz CT molecular complexity index is 495. The van der Waals surface area contributed by atoms with Crippen LogP contribution in [0.3, 0.4) is 0 Å². The van der Waals surface area contributed by atoms with E-state index in [9.17, 15) is 0 Å². The van der Waals surface area contributed by atoms with E-state index in [0.29, 0.717) is 0 Å². The van der Waals surface area contributed by atoms with Gasteiger partial charge < -0.3 is 5.32 Å². The number of aromatic nitrogens is 4. The number of rotatable bonds is 6. The van der Waals surface area contributed by atoms with Gasteiger partial charge in [0.15, 0.2) is 5.82 Å². The minimum absolute atomic E-state index is 0.255. The maximum Gasteiger partial charge on any atom is 0.176 e. The monoisotopic (exact) mass is 329 g/mol. The predicted molar refractivity (Wildman–Crippen MR) is 75.6 cm³/mol. The largest absolute Gasteiger partial charge is 0.309 e. The summed E-state index contributed by atoms with van der Waals surface area (Å²) in [4.78, 5) is 2.79. The molecule has 98 valence electrons. The van der Waals surface area contributed by atoms with Gasteiger partial charge in [0.1, 0.15) is 0 Å². The maximum atomic E-state index is 4.24. The summed E-state index contributed by atoms with van der Waals surface area (Å²) in [6.45, 7) is 3.15. The second-order valence-corrected chi connectivity index (χ2v) is 6.54. The van der Waals surface area contributed by atoms with E-state index in [4.69, 9.17) is 0 Å². The van der Waals surface area contributed by atoms with Gasteiger partial charge in [-0.2, -0.15) is 4.80 Å². The number of halogens is 1. The zero-order valence-corrected chi connectivity index (χ0v) is 12.8. The molecule has 7 heteroatoms. The molecule has 0 fully saturated rings. The predicted octanol–water partition coefficient (Wildman–Crippen LogP) is 2.32. The van der Waals surface area contributed by atoms with E-state index in [1.807, 2.05) is 0 Å². The molecule has 5 nitrogen and oxygen atoms in total. The second kappa shape index (κ2) is 6.40. The molecule has 18 heavy (non-hydrogen) atoms. The third-order valence-electron chi connectivity index (χ3n) is 2.51. The zero-order valence-electron chi connectivity index (χ0n) is 10.4. The van der Waals surface area contributed by atoms with E-state index < -0.39 is 0 Å². The van der Waals surface area contributed by atoms with Crippen molar-refractivity contribution in [3.63, 3.8) is 0 Å². The second-order valence-electron chi connectivity index (χ2n) is 4.05. The Hall–Kier alpha value is -0.790. The first-order chi connectivity index (χ1) is 8.69. The molecule has 0 radical (unpaired) electrons. The first-order valence-electron chi connectivity index (χ1n) is 5.90. The Kier molecular flexibility index (Phi) is 4.85. The van der Waals surface area contributed by atoms with E-state index in [1.165, 1.54) is 9.67 Å². The van der Waals surface area contributed by atoms with Crippen molar-refractivity contribution in [2.45, 2.75) is 25.8 Å². The third kappa shape index (κ3) is 3.60. The number of nitrogens with zero attached hydrogens (tertiary/aromatic N) is 4.